The molecule has 12 heteroatoms. The smallest absolute Gasteiger partial charge is 0.328 e. The third-order valence-corrected chi connectivity index (χ3v) is 7.42. The second-order valence-electron chi connectivity index (χ2n) is 10.9. The Hall–Kier alpha value is -5.20. The van der Waals surface area contributed by atoms with Crippen LogP contribution >= 0.6 is 0 Å². The third kappa shape index (κ3) is 8.91. The van der Waals surface area contributed by atoms with Crippen LogP contribution in [0, 0.1) is 0 Å². The van der Waals surface area contributed by atoms with Gasteiger partial charge in [-0.15, -0.1) is 0 Å². The standard InChI is InChI=1S/C33H37N5O7/c1-19(39)29(33(44)45)38-32(43)28(17-22-18-35-26-10-6-5-9-24(22)26)37-31(42)27(16-20-7-3-2-4-8-20)36-30(41)25(34)15-21-11-13-23(40)14-12-21/h2-14,18-19,25,27-29,35,39-40H,15-17,34H2,1H3,(H,36,41)(H,37,42)(H,38,43)(H,44,45). The molecule has 4 rings (SSSR count). The number of hydrogen-bond acceptors (Lipinski definition) is 7. The van der Waals surface area contributed by atoms with Crippen molar-refractivity contribution in [2.45, 2.75) is 56.5 Å². The summed E-state index contributed by atoms with van der Waals surface area (Å²) in [5.74, 6) is -3.47. The zero-order valence-corrected chi connectivity index (χ0v) is 24.6. The van der Waals surface area contributed by atoms with Crippen LogP contribution in [0.5, 0.6) is 5.75 Å². The fraction of sp³-hybridized carbons (Fsp3) is 0.273. The normalized spacial score (nSPS) is 14.5. The first-order valence-electron chi connectivity index (χ1n) is 14.5. The van der Waals surface area contributed by atoms with Crippen LogP contribution in [0.4, 0.5) is 0 Å². The lowest BCUT2D eigenvalue weighted by molar-refractivity contribution is -0.145. The number of aromatic hydroxyl groups is 1. The molecule has 0 bridgehead atoms. The number of aliphatic hydroxyl groups excluding tert-OH is 1. The summed E-state index contributed by atoms with van der Waals surface area (Å²) >= 11 is 0. The zero-order chi connectivity index (χ0) is 32.5. The molecule has 0 aliphatic heterocycles. The van der Waals surface area contributed by atoms with Crippen molar-refractivity contribution in [2.24, 2.45) is 5.73 Å². The van der Waals surface area contributed by atoms with Gasteiger partial charge in [-0.3, -0.25) is 14.4 Å². The second-order valence-corrected chi connectivity index (χ2v) is 10.9. The predicted octanol–water partition coefficient (Wildman–Crippen LogP) is 1.15. The molecular formula is C33H37N5O7. The second kappa shape index (κ2) is 15.0. The highest BCUT2D eigenvalue weighted by Gasteiger charge is 2.32. The molecule has 236 valence electrons. The monoisotopic (exact) mass is 615 g/mol. The van der Waals surface area contributed by atoms with E-state index in [2.05, 4.69) is 20.9 Å². The van der Waals surface area contributed by atoms with Crippen LogP contribution in [0.2, 0.25) is 0 Å². The van der Waals surface area contributed by atoms with Crippen LogP contribution in [0.3, 0.4) is 0 Å². The molecule has 5 unspecified atom stereocenters. The fourth-order valence-electron chi connectivity index (χ4n) is 4.96. The van der Waals surface area contributed by atoms with Crippen LogP contribution < -0.4 is 21.7 Å². The number of phenols is 1. The van der Waals surface area contributed by atoms with Crippen molar-refractivity contribution in [3.8, 4) is 5.75 Å². The number of fused-ring (bicyclic) bond motifs is 1. The van der Waals surface area contributed by atoms with Gasteiger partial charge in [0.1, 0.15) is 17.8 Å². The maximum absolute atomic E-state index is 13.8. The van der Waals surface area contributed by atoms with E-state index in [4.69, 9.17) is 5.73 Å². The van der Waals surface area contributed by atoms with E-state index in [-0.39, 0.29) is 25.0 Å². The Labute approximate surface area is 259 Å². The first-order chi connectivity index (χ1) is 21.5. The van der Waals surface area contributed by atoms with Crippen molar-refractivity contribution in [2.75, 3.05) is 0 Å². The maximum Gasteiger partial charge on any atom is 0.328 e. The highest BCUT2D eigenvalue weighted by atomic mass is 16.4. The van der Waals surface area contributed by atoms with Gasteiger partial charge in [0.25, 0.3) is 0 Å². The number of hydrogen-bond donors (Lipinski definition) is 8. The minimum absolute atomic E-state index is 0.0138. The summed E-state index contributed by atoms with van der Waals surface area (Å²) in [5.41, 5.74) is 9.13. The average Bonchev–Trinajstić information content (AvgIpc) is 3.42. The Balaban J connectivity index is 1.58. The van der Waals surface area contributed by atoms with Crippen molar-refractivity contribution in [3.63, 3.8) is 0 Å². The number of aliphatic carboxylic acids is 1. The number of benzene rings is 3. The van der Waals surface area contributed by atoms with Crippen molar-refractivity contribution in [1.82, 2.24) is 20.9 Å². The SMILES string of the molecule is CC(O)C(NC(=O)C(Cc1c[nH]c2ccccc12)NC(=O)C(Cc1ccccc1)NC(=O)C(N)Cc1ccc(O)cc1)C(=O)O. The summed E-state index contributed by atoms with van der Waals surface area (Å²) in [5, 5.41) is 37.6. The summed E-state index contributed by atoms with van der Waals surface area (Å²) in [6.45, 7) is 1.24. The molecule has 1 aromatic heterocycles. The van der Waals surface area contributed by atoms with Gasteiger partial charge in [-0.05, 0) is 48.2 Å². The minimum Gasteiger partial charge on any atom is -0.508 e. The lowest BCUT2D eigenvalue weighted by Gasteiger charge is -2.26. The van der Waals surface area contributed by atoms with Crippen LogP contribution in [-0.4, -0.2) is 74.3 Å². The number of amides is 3. The zero-order valence-electron chi connectivity index (χ0n) is 24.6. The van der Waals surface area contributed by atoms with Crippen molar-refractivity contribution in [3.05, 3.63) is 102 Å². The van der Waals surface area contributed by atoms with Crippen molar-refractivity contribution in [1.29, 1.82) is 0 Å². The molecule has 0 radical (unpaired) electrons. The van der Waals surface area contributed by atoms with Gasteiger partial charge in [0.05, 0.1) is 12.1 Å². The largest absolute Gasteiger partial charge is 0.508 e. The molecule has 1 heterocycles. The first-order valence-corrected chi connectivity index (χ1v) is 14.5. The van der Waals surface area contributed by atoms with Gasteiger partial charge < -0.3 is 42.0 Å². The number of H-pyrrole nitrogens is 1. The molecular weight excluding hydrogens is 578 g/mol. The summed E-state index contributed by atoms with van der Waals surface area (Å²) in [7, 11) is 0. The number of aromatic nitrogens is 1. The number of para-hydroxylation sites is 1. The van der Waals surface area contributed by atoms with Crippen molar-refractivity contribution >= 4 is 34.6 Å². The molecule has 5 atom stereocenters. The summed E-state index contributed by atoms with van der Waals surface area (Å²) in [6, 6.07) is 17.6. The number of phenolic OH excluding ortho intramolecular Hbond substituents is 1. The number of carbonyl (C=O) groups excluding carboxylic acids is 3. The fourth-order valence-corrected chi connectivity index (χ4v) is 4.96. The van der Waals surface area contributed by atoms with Crippen LogP contribution in [0.25, 0.3) is 10.9 Å². The van der Waals surface area contributed by atoms with Gasteiger partial charge in [-0.25, -0.2) is 4.79 Å². The predicted molar refractivity (Wildman–Crippen MR) is 167 cm³/mol. The maximum atomic E-state index is 13.8. The van der Waals surface area contributed by atoms with E-state index in [1.807, 2.05) is 30.3 Å². The van der Waals surface area contributed by atoms with Gasteiger partial charge >= 0.3 is 5.97 Å². The molecule has 9 N–H and O–H groups in total. The molecule has 3 aromatic carbocycles. The van der Waals surface area contributed by atoms with E-state index >= 15 is 0 Å². The Kier molecular flexibility index (Phi) is 10.9. The average molecular weight is 616 g/mol. The molecule has 0 aliphatic carbocycles. The minimum atomic E-state index is -1.61. The molecule has 0 spiro atoms. The highest BCUT2D eigenvalue weighted by molar-refractivity contribution is 5.95. The van der Waals surface area contributed by atoms with E-state index < -0.39 is 54.0 Å². The Bertz CT molecular complexity index is 1620. The topological polar surface area (TPSA) is 207 Å². The number of carboxylic acids is 1. The van der Waals surface area contributed by atoms with Gasteiger partial charge in [0.2, 0.25) is 17.7 Å². The molecule has 0 saturated carbocycles. The van der Waals surface area contributed by atoms with Gasteiger partial charge in [0.15, 0.2) is 6.04 Å². The number of carboxylic acid groups (broad SMARTS) is 1. The number of aromatic amines is 1. The number of nitrogens with two attached hydrogens (primary N) is 1. The van der Waals surface area contributed by atoms with Crippen LogP contribution in [0.1, 0.15) is 23.6 Å². The van der Waals surface area contributed by atoms with Crippen LogP contribution in [0.15, 0.2) is 85.1 Å². The molecule has 45 heavy (non-hydrogen) atoms. The molecule has 0 saturated heterocycles. The molecule has 12 nitrogen and oxygen atoms in total. The van der Waals surface area contributed by atoms with Crippen LogP contribution in [-0.2, 0) is 38.4 Å². The first kappa shape index (κ1) is 32.7. The van der Waals surface area contributed by atoms with Gasteiger partial charge in [-0.2, -0.15) is 0 Å². The van der Waals surface area contributed by atoms with Gasteiger partial charge in [0, 0.05) is 29.9 Å². The third-order valence-electron chi connectivity index (χ3n) is 7.42. The lowest BCUT2D eigenvalue weighted by Crippen LogP contribution is -2.59. The van der Waals surface area contributed by atoms with E-state index in [1.165, 1.54) is 19.1 Å². The lowest BCUT2D eigenvalue weighted by atomic mass is 10.0. The quantitative estimate of drug-likeness (QED) is 0.103. The number of carbonyl (C=O) groups is 4. The molecule has 0 fully saturated rings. The Morgan fingerprint density at radius 3 is 2.00 bits per heavy atom. The van der Waals surface area contributed by atoms with Gasteiger partial charge in [-0.1, -0.05) is 60.7 Å². The summed E-state index contributed by atoms with van der Waals surface area (Å²) in [6.07, 6.45) is 0.507. The van der Waals surface area contributed by atoms with E-state index in [0.717, 1.165) is 16.5 Å². The van der Waals surface area contributed by atoms with E-state index in [9.17, 15) is 34.5 Å². The molecule has 0 aliphatic rings. The van der Waals surface area contributed by atoms with E-state index in [1.54, 1.807) is 42.6 Å². The van der Waals surface area contributed by atoms with Crippen molar-refractivity contribution < 1.29 is 34.5 Å². The number of nitrogens with one attached hydrogen (secondary N) is 4. The summed E-state index contributed by atoms with van der Waals surface area (Å²) < 4.78 is 0. The Morgan fingerprint density at radius 2 is 1.33 bits per heavy atom. The summed E-state index contributed by atoms with van der Waals surface area (Å²) in [4.78, 5) is 55.3. The molecule has 4 aromatic rings. The van der Waals surface area contributed by atoms with E-state index in [0.29, 0.717) is 11.1 Å². The number of rotatable bonds is 14. The highest BCUT2D eigenvalue weighted by Crippen LogP contribution is 2.20. The Morgan fingerprint density at radius 1 is 0.756 bits per heavy atom. The molecule has 3 amide bonds. The number of aliphatic hydroxyl groups is 1.